The minimum Gasteiger partial charge on any atom is -0.342 e. The molecule has 0 saturated carbocycles. The van der Waals surface area contributed by atoms with Crippen LogP contribution in [-0.2, 0) is 9.59 Å². The van der Waals surface area contributed by atoms with Crippen LogP contribution in [0.25, 0.3) is 5.82 Å². The van der Waals surface area contributed by atoms with Gasteiger partial charge >= 0.3 is 0 Å². The molecule has 0 radical (unpaired) electrons. The molecular weight excluding hydrogens is 308 g/mol. The van der Waals surface area contributed by atoms with E-state index in [1.165, 1.54) is 11.0 Å². The highest BCUT2D eigenvalue weighted by molar-refractivity contribution is 5.97. The van der Waals surface area contributed by atoms with Crippen molar-refractivity contribution in [3.05, 3.63) is 31.0 Å². The predicted molar refractivity (Wildman–Crippen MR) is 87.3 cm³/mol. The fourth-order valence-corrected chi connectivity index (χ4v) is 2.73. The van der Waals surface area contributed by atoms with E-state index >= 15 is 0 Å². The summed E-state index contributed by atoms with van der Waals surface area (Å²) in [6.45, 7) is 5.29. The first kappa shape index (κ1) is 16.1. The lowest BCUT2D eigenvalue weighted by Crippen LogP contribution is -2.31. The number of hydrogen-bond donors (Lipinski definition) is 1. The smallest absolute Gasteiger partial charge is 0.229 e. The molecule has 8 nitrogen and oxygen atoms in total. The van der Waals surface area contributed by atoms with Crippen molar-refractivity contribution in [3.63, 3.8) is 0 Å². The fraction of sp³-hybridized carbons (Fsp3) is 0.438. The second kappa shape index (κ2) is 6.77. The highest BCUT2D eigenvalue weighted by atomic mass is 16.2. The number of likely N-dealkylation sites (tertiary alicyclic amines) is 1. The predicted octanol–water partition coefficient (Wildman–Crippen LogP) is 1.11. The van der Waals surface area contributed by atoms with Crippen LogP contribution in [0.15, 0.2) is 31.0 Å². The third-order valence-corrected chi connectivity index (χ3v) is 3.84. The van der Waals surface area contributed by atoms with Gasteiger partial charge in [-0.2, -0.15) is 5.10 Å². The summed E-state index contributed by atoms with van der Waals surface area (Å²) in [7, 11) is 0. The molecule has 1 fully saturated rings. The maximum absolute atomic E-state index is 12.4. The maximum Gasteiger partial charge on any atom is 0.229 e. The molecule has 126 valence electrons. The Morgan fingerprint density at radius 1 is 1.42 bits per heavy atom. The average molecular weight is 328 g/mol. The van der Waals surface area contributed by atoms with Crippen LogP contribution in [0, 0.1) is 11.8 Å². The molecule has 2 aromatic rings. The van der Waals surface area contributed by atoms with Crippen molar-refractivity contribution in [2.75, 3.05) is 18.4 Å². The number of rotatable bonds is 5. The molecule has 2 amide bonds. The Labute approximate surface area is 139 Å². The summed E-state index contributed by atoms with van der Waals surface area (Å²) >= 11 is 0. The van der Waals surface area contributed by atoms with Gasteiger partial charge in [0.1, 0.15) is 12.7 Å². The first-order chi connectivity index (χ1) is 11.5. The van der Waals surface area contributed by atoms with E-state index in [0.717, 1.165) is 0 Å². The Morgan fingerprint density at radius 2 is 2.25 bits per heavy atom. The van der Waals surface area contributed by atoms with Crippen molar-refractivity contribution in [2.45, 2.75) is 20.3 Å². The van der Waals surface area contributed by atoms with E-state index in [1.807, 2.05) is 0 Å². The van der Waals surface area contributed by atoms with Crippen LogP contribution in [0.4, 0.5) is 5.69 Å². The number of anilines is 1. The standard InChI is InChI=1S/C16H20N6O2/c1-11(2)7-21-8-12(5-15(21)23)16(24)20-13-3-4-14(18-6-13)22-10-17-9-19-22/h3-4,6,9-12H,5,7-8H2,1-2H3,(H,20,24)/t12-/m1/s1. The Morgan fingerprint density at radius 3 is 2.88 bits per heavy atom. The number of aromatic nitrogens is 4. The second-order valence-electron chi connectivity index (χ2n) is 6.33. The van der Waals surface area contributed by atoms with Gasteiger partial charge in [-0.05, 0) is 18.1 Å². The molecule has 3 rings (SSSR count). The van der Waals surface area contributed by atoms with Crippen LogP contribution in [0.3, 0.4) is 0 Å². The second-order valence-corrected chi connectivity index (χ2v) is 6.33. The van der Waals surface area contributed by atoms with Crippen molar-refractivity contribution in [2.24, 2.45) is 11.8 Å². The molecule has 3 heterocycles. The molecule has 0 aliphatic carbocycles. The first-order valence-electron chi connectivity index (χ1n) is 7.92. The lowest BCUT2D eigenvalue weighted by molar-refractivity contribution is -0.128. The highest BCUT2D eigenvalue weighted by Gasteiger charge is 2.34. The molecule has 8 heteroatoms. The van der Waals surface area contributed by atoms with Crippen LogP contribution in [0.5, 0.6) is 0 Å². The largest absolute Gasteiger partial charge is 0.342 e. The molecule has 24 heavy (non-hydrogen) atoms. The van der Waals surface area contributed by atoms with Crippen LogP contribution in [0.1, 0.15) is 20.3 Å². The maximum atomic E-state index is 12.4. The molecule has 1 atom stereocenters. The van der Waals surface area contributed by atoms with Crippen molar-refractivity contribution in [3.8, 4) is 5.82 Å². The minimum atomic E-state index is -0.314. The molecule has 2 aromatic heterocycles. The lowest BCUT2D eigenvalue weighted by Gasteiger charge is -2.18. The van der Waals surface area contributed by atoms with E-state index in [2.05, 4.69) is 34.2 Å². The number of carbonyl (C=O) groups excluding carboxylic acids is 2. The number of nitrogens with zero attached hydrogens (tertiary/aromatic N) is 5. The summed E-state index contributed by atoms with van der Waals surface area (Å²) in [6, 6.07) is 3.50. The van der Waals surface area contributed by atoms with Gasteiger partial charge in [-0.25, -0.2) is 14.6 Å². The van der Waals surface area contributed by atoms with Crippen molar-refractivity contribution in [1.29, 1.82) is 0 Å². The number of nitrogens with one attached hydrogen (secondary N) is 1. The number of pyridine rings is 1. The van der Waals surface area contributed by atoms with E-state index in [0.29, 0.717) is 30.5 Å². The monoisotopic (exact) mass is 328 g/mol. The Balaban J connectivity index is 1.60. The van der Waals surface area contributed by atoms with Crippen molar-refractivity contribution >= 4 is 17.5 Å². The summed E-state index contributed by atoms with van der Waals surface area (Å²) in [5.41, 5.74) is 0.596. The number of amides is 2. The van der Waals surface area contributed by atoms with Crippen molar-refractivity contribution < 1.29 is 9.59 Å². The topological polar surface area (TPSA) is 93.0 Å². The van der Waals surface area contributed by atoms with E-state index in [-0.39, 0.29) is 24.2 Å². The van der Waals surface area contributed by atoms with E-state index in [4.69, 9.17) is 0 Å². The van der Waals surface area contributed by atoms with Gasteiger partial charge in [0, 0.05) is 19.5 Å². The SMILES string of the molecule is CC(C)CN1C[C@H](C(=O)Nc2ccc(-n3cncn3)nc2)CC1=O. The van der Waals surface area contributed by atoms with E-state index in [9.17, 15) is 9.59 Å². The van der Waals surface area contributed by atoms with Gasteiger partial charge in [0.15, 0.2) is 5.82 Å². The highest BCUT2D eigenvalue weighted by Crippen LogP contribution is 2.21. The molecule has 0 bridgehead atoms. The average Bonchev–Trinajstić information content (AvgIpc) is 3.18. The van der Waals surface area contributed by atoms with Crippen LogP contribution in [0.2, 0.25) is 0 Å². The van der Waals surface area contributed by atoms with Gasteiger partial charge in [0.25, 0.3) is 0 Å². The molecule has 0 aromatic carbocycles. The molecule has 1 aliphatic heterocycles. The quantitative estimate of drug-likeness (QED) is 0.887. The summed E-state index contributed by atoms with van der Waals surface area (Å²) in [5.74, 6) is 0.591. The van der Waals surface area contributed by atoms with Crippen LogP contribution < -0.4 is 5.32 Å². The molecule has 1 N–H and O–H groups in total. The molecule has 0 unspecified atom stereocenters. The normalized spacial score (nSPS) is 17.5. The Kier molecular flexibility index (Phi) is 4.54. The summed E-state index contributed by atoms with van der Waals surface area (Å²) < 4.78 is 1.53. The van der Waals surface area contributed by atoms with Gasteiger partial charge in [0.2, 0.25) is 11.8 Å². The zero-order valence-corrected chi connectivity index (χ0v) is 13.7. The summed E-state index contributed by atoms with van der Waals surface area (Å²) in [4.78, 5) is 34.2. The van der Waals surface area contributed by atoms with Crippen LogP contribution in [-0.4, -0.2) is 49.6 Å². The third kappa shape index (κ3) is 3.58. The van der Waals surface area contributed by atoms with Gasteiger partial charge in [-0.1, -0.05) is 13.8 Å². The molecular formula is C16H20N6O2. The number of hydrogen-bond acceptors (Lipinski definition) is 5. The zero-order chi connectivity index (χ0) is 17.1. The Hall–Kier alpha value is -2.77. The molecule has 1 aliphatic rings. The molecule has 0 spiro atoms. The fourth-order valence-electron chi connectivity index (χ4n) is 2.73. The van der Waals surface area contributed by atoms with Gasteiger partial charge in [-0.15, -0.1) is 0 Å². The summed E-state index contributed by atoms with van der Waals surface area (Å²) in [6.07, 6.45) is 4.81. The number of carbonyl (C=O) groups is 2. The lowest BCUT2D eigenvalue weighted by atomic mass is 10.1. The van der Waals surface area contributed by atoms with Crippen LogP contribution >= 0.6 is 0 Å². The molecule has 1 saturated heterocycles. The van der Waals surface area contributed by atoms with E-state index < -0.39 is 0 Å². The first-order valence-corrected chi connectivity index (χ1v) is 7.92. The Bertz CT molecular complexity index is 711. The summed E-state index contributed by atoms with van der Waals surface area (Å²) in [5, 5.41) is 6.82. The van der Waals surface area contributed by atoms with Gasteiger partial charge < -0.3 is 10.2 Å². The third-order valence-electron chi connectivity index (χ3n) is 3.84. The van der Waals surface area contributed by atoms with Gasteiger partial charge in [0.05, 0.1) is 17.8 Å². The zero-order valence-electron chi connectivity index (χ0n) is 13.7. The van der Waals surface area contributed by atoms with E-state index in [1.54, 1.807) is 29.6 Å². The minimum absolute atomic E-state index is 0.0449. The van der Waals surface area contributed by atoms with Gasteiger partial charge in [-0.3, -0.25) is 9.59 Å². The van der Waals surface area contributed by atoms with Crippen molar-refractivity contribution in [1.82, 2.24) is 24.6 Å².